The molecule has 0 bridgehead atoms. The average molecular weight is 513 g/mol. The quantitative estimate of drug-likeness (QED) is 0.283. The number of β-lactam (4-membered cyclic amide) rings is 1. The highest BCUT2D eigenvalue weighted by atomic mass is 32.2. The molecule has 2 heterocycles. The Labute approximate surface area is 218 Å². The van der Waals surface area contributed by atoms with E-state index in [4.69, 9.17) is 4.74 Å². The van der Waals surface area contributed by atoms with Gasteiger partial charge in [-0.15, -0.1) is 11.8 Å². The first-order valence-electron chi connectivity index (χ1n) is 11.8. The molecule has 3 aromatic carbocycles. The molecule has 37 heavy (non-hydrogen) atoms. The number of benzene rings is 3. The van der Waals surface area contributed by atoms with E-state index in [9.17, 15) is 19.2 Å². The van der Waals surface area contributed by atoms with Crippen molar-refractivity contribution in [1.29, 1.82) is 0 Å². The molecular weight excluding hydrogens is 488 g/mol. The number of rotatable bonds is 8. The Kier molecular flexibility index (Phi) is 7.18. The number of ether oxygens (including phenoxy) is 1. The molecule has 1 N–H and O–H groups in total. The van der Waals surface area contributed by atoms with E-state index in [0.717, 1.165) is 16.7 Å². The lowest BCUT2D eigenvalue weighted by Gasteiger charge is -2.51. The van der Waals surface area contributed by atoms with Gasteiger partial charge in [-0.1, -0.05) is 91.0 Å². The molecule has 2 aliphatic rings. The molecule has 2 aliphatic heterocycles. The van der Waals surface area contributed by atoms with Gasteiger partial charge in [0.2, 0.25) is 11.8 Å². The summed E-state index contributed by atoms with van der Waals surface area (Å²) < 4.78 is 5.96. The topological polar surface area (TPSA) is 92.8 Å². The van der Waals surface area contributed by atoms with E-state index < -0.39 is 35.4 Å². The zero-order valence-corrected chi connectivity index (χ0v) is 20.5. The largest absolute Gasteiger partial charge is 0.451 e. The predicted octanol–water partition coefficient (Wildman–Crippen LogP) is 3.41. The zero-order valence-electron chi connectivity index (χ0n) is 19.7. The molecule has 7 nitrogen and oxygen atoms in total. The van der Waals surface area contributed by atoms with Crippen molar-refractivity contribution in [1.82, 2.24) is 10.2 Å². The van der Waals surface area contributed by atoms with Crippen molar-refractivity contribution in [2.45, 2.75) is 30.0 Å². The van der Waals surface area contributed by atoms with E-state index in [2.05, 4.69) is 5.32 Å². The number of fused-ring (bicyclic) bond motifs is 1. The Morgan fingerprint density at radius 3 is 2.05 bits per heavy atom. The van der Waals surface area contributed by atoms with Crippen LogP contribution >= 0.6 is 11.8 Å². The third kappa shape index (κ3) is 5.06. The van der Waals surface area contributed by atoms with E-state index >= 15 is 0 Å². The number of nitrogens with one attached hydrogen (secondary N) is 1. The summed E-state index contributed by atoms with van der Waals surface area (Å²) in [5, 5.41) is 3.84. The van der Waals surface area contributed by atoms with Gasteiger partial charge in [-0.05, 0) is 22.1 Å². The number of aldehydes is 1. The lowest BCUT2D eigenvalue weighted by molar-refractivity contribution is -0.165. The van der Waals surface area contributed by atoms with Crippen LogP contribution in [-0.2, 0) is 30.3 Å². The van der Waals surface area contributed by atoms with Gasteiger partial charge in [0, 0.05) is 5.57 Å². The standard InChI is InChI=1S/C29H24N2O5S/c32-17-22-18-37-28-24(30-23(33)16-19-10-4-1-5-11-19)27(34)31(28)25(22)29(35)36-26(20-12-6-2-7-13-20)21-14-8-3-9-15-21/h1-15,17-18,24-26,28H,16H2,(H,30,33)/t24?,25?,28-/m1/s1. The van der Waals surface area contributed by atoms with E-state index in [-0.39, 0.29) is 17.9 Å². The third-order valence-corrected chi connectivity index (χ3v) is 7.53. The minimum atomic E-state index is -1.19. The fourth-order valence-electron chi connectivity index (χ4n) is 4.52. The number of nitrogens with zero attached hydrogens (tertiary/aromatic N) is 1. The van der Waals surface area contributed by atoms with Gasteiger partial charge >= 0.3 is 5.97 Å². The molecule has 0 spiro atoms. The van der Waals surface area contributed by atoms with Gasteiger partial charge in [0.25, 0.3) is 0 Å². The van der Waals surface area contributed by atoms with Crippen molar-refractivity contribution in [2.75, 3.05) is 0 Å². The average Bonchev–Trinajstić information content (AvgIpc) is 2.95. The molecule has 1 saturated heterocycles. The molecule has 8 heteroatoms. The number of carbonyl (C=O) groups excluding carboxylic acids is 4. The summed E-state index contributed by atoms with van der Waals surface area (Å²) in [4.78, 5) is 52.4. The Morgan fingerprint density at radius 1 is 0.919 bits per heavy atom. The van der Waals surface area contributed by atoms with Gasteiger partial charge in [0.05, 0.1) is 6.42 Å². The Balaban J connectivity index is 1.34. The van der Waals surface area contributed by atoms with E-state index in [1.165, 1.54) is 16.7 Å². The van der Waals surface area contributed by atoms with E-state index in [0.29, 0.717) is 6.29 Å². The highest BCUT2D eigenvalue weighted by Gasteiger charge is 2.56. The lowest BCUT2D eigenvalue weighted by Crippen LogP contribution is -2.74. The second-order valence-corrected chi connectivity index (χ2v) is 9.75. The second-order valence-electron chi connectivity index (χ2n) is 8.76. The summed E-state index contributed by atoms with van der Waals surface area (Å²) in [6.07, 6.45) is -0.00345. The Bertz CT molecular complexity index is 1290. The number of amides is 2. The first-order valence-corrected chi connectivity index (χ1v) is 12.8. The van der Waals surface area contributed by atoms with Crippen LogP contribution in [0.3, 0.4) is 0 Å². The van der Waals surface area contributed by atoms with Crippen LogP contribution in [0.5, 0.6) is 0 Å². The van der Waals surface area contributed by atoms with Crippen molar-refractivity contribution < 1.29 is 23.9 Å². The number of thioether (sulfide) groups is 1. The lowest BCUT2D eigenvalue weighted by atomic mass is 9.97. The third-order valence-electron chi connectivity index (χ3n) is 6.34. The van der Waals surface area contributed by atoms with Crippen molar-refractivity contribution >= 4 is 35.8 Å². The van der Waals surface area contributed by atoms with Crippen LogP contribution in [-0.4, -0.2) is 46.4 Å². The maximum Gasteiger partial charge on any atom is 0.334 e. The van der Waals surface area contributed by atoms with Gasteiger partial charge in [0.1, 0.15) is 17.7 Å². The number of hydrogen-bond donors (Lipinski definition) is 1. The summed E-state index contributed by atoms with van der Waals surface area (Å²) in [5.41, 5.74) is 2.51. The summed E-state index contributed by atoms with van der Waals surface area (Å²) in [6.45, 7) is 0. The van der Waals surface area contributed by atoms with Crippen molar-refractivity contribution in [3.05, 3.63) is 119 Å². The normalized spacial score (nSPS) is 20.4. The van der Waals surface area contributed by atoms with Crippen LogP contribution in [0.1, 0.15) is 22.8 Å². The fraction of sp³-hybridized carbons (Fsp3) is 0.172. The van der Waals surface area contributed by atoms with Crippen LogP contribution < -0.4 is 5.32 Å². The molecule has 0 aliphatic carbocycles. The van der Waals surface area contributed by atoms with Gasteiger partial charge in [-0.2, -0.15) is 0 Å². The summed E-state index contributed by atoms with van der Waals surface area (Å²) in [6, 6.07) is 25.8. The minimum absolute atomic E-state index is 0.138. The Morgan fingerprint density at radius 2 is 1.49 bits per heavy atom. The fourth-order valence-corrected chi connectivity index (χ4v) is 5.70. The van der Waals surface area contributed by atoms with Crippen LogP contribution in [0.15, 0.2) is 102 Å². The number of hydrogen-bond acceptors (Lipinski definition) is 6. The number of esters is 1. The highest BCUT2D eigenvalue weighted by molar-refractivity contribution is 8.03. The minimum Gasteiger partial charge on any atom is -0.451 e. The predicted molar refractivity (Wildman–Crippen MR) is 139 cm³/mol. The second kappa shape index (κ2) is 10.8. The van der Waals surface area contributed by atoms with Crippen LogP contribution in [0.25, 0.3) is 0 Å². The molecule has 5 rings (SSSR count). The Hall–Kier alpha value is -4.17. The number of carbonyl (C=O) groups is 4. The molecule has 2 amide bonds. The van der Waals surface area contributed by atoms with E-state index in [1.807, 2.05) is 91.0 Å². The molecule has 0 saturated carbocycles. The molecular formula is C29H24N2O5S. The summed E-state index contributed by atoms with van der Waals surface area (Å²) in [5.74, 6) is -1.42. The molecule has 0 aromatic heterocycles. The van der Waals surface area contributed by atoms with Crippen molar-refractivity contribution in [3.63, 3.8) is 0 Å². The molecule has 186 valence electrons. The molecule has 0 radical (unpaired) electrons. The maximum atomic E-state index is 13.5. The molecule has 3 atom stereocenters. The smallest absolute Gasteiger partial charge is 0.334 e. The summed E-state index contributed by atoms with van der Waals surface area (Å²) in [7, 11) is 0. The maximum absolute atomic E-state index is 13.5. The van der Waals surface area contributed by atoms with Gasteiger partial charge in [0.15, 0.2) is 12.1 Å². The van der Waals surface area contributed by atoms with Crippen LogP contribution in [0.2, 0.25) is 0 Å². The first-order chi connectivity index (χ1) is 18.1. The van der Waals surface area contributed by atoms with Gasteiger partial charge in [-0.25, -0.2) is 4.79 Å². The first kappa shape index (κ1) is 24.5. The summed E-state index contributed by atoms with van der Waals surface area (Å²) >= 11 is 1.23. The molecule has 1 fully saturated rings. The SMILES string of the molecule is O=CC1=CS[C@@H]2C(NC(=O)Cc3ccccc3)C(=O)N2C1C(=O)OC(c1ccccc1)c1ccccc1. The molecule has 2 unspecified atom stereocenters. The van der Waals surface area contributed by atoms with Gasteiger partial charge in [-0.3, -0.25) is 14.4 Å². The van der Waals surface area contributed by atoms with Gasteiger partial charge < -0.3 is 15.0 Å². The van der Waals surface area contributed by atoms with Crippen LogP contribution in [0, 0.1) is 0 Å². The zero-order chi connectivity index (χ0) is 25.8. The monoisotopic (exact) mass is 512 g/mol. The van der Waals surface area contributed by atoms with E-state index in [1.54, 1.807) is 5.41 Å². The van der Waals surface area contributed by atoms with Crippen molar-refractivity contribution in [3.8, 4) is 0 Å². The van der Waals surface area contributed by atoms with Crippen molar-refractivity contribution in [2.24, 2.45) is 0 Å². The highest BCUT2D eigenvalue weighted by Crippen LogP contribution is 2.40. The molecule has 3 aromatic rings. The van der Waals surface area contributed by atoms with Crippen LogP contribution in [0.4, 0.5) is 0 Å².